The fraction of sp³-hybridized carbons (Fsp3) is 0.393. The third-order valence-corrected chi connectivity index (χ3v) is 8.26. The second kappa shape index (κ2) is 13.7. The van der Waals surface area contributed by atoms with Gasteiger partial charge < -0.3 is 29.2 Å². The van der Waals surface area contributed by atoms with Crippen LogP contribution < -0.4 is 20.2 Å². The van der Waals surface area contributed by atoms with E-state index in [0.29, 0.717) is 34.2 Å². The van der Waals surface area contributed by atoms with Crippen LogP contribution in [-0.2, 0) is 25.4 Å². The summed E-state index contributed by atoms with van der Waals surface area (Å²) in [6, 6.07) is 9.54. The lowest BCUT2D eigenvalue weighted by atomic mass is 10.1. The molecule has 13 nitrogen and oxygen atoms in total. The molecule has 0 bridgehead atoms. The van der Waals surface area contributed by atoms with Gasteiger partial charge >= 0.3 is 13.5 Å². The number of imidazole rings is 1. The van der Waals surface area contributed by atoms with Crippen molar-refractivity contribution in [3.63, 3.8) is 0 Å². The van der Waals surface area contributed by atoms with Gasteiger partial charge in [-0.1, -0.05) is 11.6 Å². The number of carbonyl (C=O) groups is 1. The smallest absolute Gasteiger partial charge is 0.342 e. The number of ether oxygens (including phenoxy) is 2. The molecule has 3 atom stereocenters. The molecular formula is C28H36ClN8O5P. The number of carbonyl (C=O) groups excluding carboxylic acids is 1. The Hall–Kier alpha value is -3.77. The summed E-state index contributed by atoms with van der Waals surface area (Å²) >= 11 is 6.42. The first-order valence-corrected chi connectivity index (χ1v) is 15.8. The first-order chi connectivity index (χ1) is 20.3. The highest BCUT2D eigenvalue weighted by molar-refractivity contribution is 7.57. The van der Waals surface area contributed by atoms with Crippen molar-refractivity contribution >= 4 is 47.9 Å². The van der Waals surface area contributed by atoms with Gasteiger partial charge in [0.1, 0.15) is 35.8 Å². The molecule has 230 valence electrons. The lowest BCUT2D eigenvalue weighted by Crippen LogP contribution is -2.37. The highest BCUT2D eigenvalue weighted by atomic mass is 35.5. The summed E-state index contributed by atoms with van der Waals surface area (Å²) < 4.78 is 33.1. The molecule has 15 heteroatoms. The Morgan fingerprint density at radius 1 is 1.09 bits per heavy atom. The quantitative estimate of drug-likeness (QED) is 0.154. The Bertz CT molecular complexity index is 1610. The van der Waals surface area contributed by atoms with Crippen LogP contribution in [0.4, 0.5) is 11.6 Å². The van der Waals surface area contributed by atoms with Crippen molar-refractivity contribution in [3.05, 3.63) is 54.1 Å². The van der Waals surface area contributed by atoms with Gasteiger partial charge in [0, 0.05) is 19.7 Å². The number of esters is 1. The molecule has 0 amide bonds. The Balaban J connectivity index is 1.51. The van der Waals surface area contributed by atoms with Crippen LogP contribution in [0.15, 0.2) is 49.1 Å². The van der Waals surface area contributed by atoms with E-state index in [1.165, 1.54) is 6.33 Å². The van der Waals surface area contributed by atoms with Crippen molar-refractivity contribution in [2.75, 3.05) is 31.1 Å². The molecule has 3 N–H and O–H groups in total. The number of aromatic nitrogens is 5. The van der Waals surface area contributed by atoms with Crippen LogP contribution in [0, 0.1) is 0 Å². The zero-order valence-electron chi connectivity index (χ0n) is 24.9. The zero-order chi connectivity index (χ0) is 31.3. The van der Waals surface area contributed by atoms with Crippen LogP contribution >= 0.6 is 19.1 Å². The van der Waals surface area contributed by atoms with Gasteiger partial charge in [-0.15, -0.1) is 0 Å². The molecule has 0 saturated carbocycles. The average molecular weight is 631 g/mol. The van der Waals surface area contributed by atoms with E-state index in [9.17, 15) is 9.36 Å². The van der Waals surface area contributed by atoms with Crippen molar-refractivity contribution in [1.82, 2.24) is 29.6 Å². The summed E-state index contributed by atoms with van der Waals surface area (Å²) in [6.45, 7) is 7.18. The number of nitrogens with one attached hydrogen (secondary N) is 1. The first kappa shape index (κ1) is 32.2. The minimum atomic E-state index is -3.80. The minimum Gasteiger partial charge on any atom is -0.462 e. The topological polar surface area (TPSA) is 160 Å². The number of halogens is 1. The summed E-state index contributed by atoms with van der Waals surface area (Å²) in [5, 5.41) is 3.30. The van der Waals surface area contributed by atoms with E-state index in [2.05, 4.69) is 25.0 Å². The molecule has 0 radical (unpaired) electrons. The highest BCUT2D eigenvalue weighted by Crippen LogP contribution is 2.44. The molecule has 4 rings (SSSR count). The van der Waals surface area contributed by atoms with Gasteiger partial charge in [-0.2, -0.15) is 0 Å². The van der Waals surface area contributed by atoms with Gasteiger partial charge in [0.25, 0.3) is 0 Å². The van der Waals surface area contributed by atoms with Gasteiger partial charge in [-0.25, -0.2) is 25.0 Å². The molecule has 0 aliphatic rings. The summed E-state index contributed by atoms with van der Waals surface area (Å²) in [5.74, 6) is 0.761. The van der Waals surface area contributed by atoms with Crippen molar-refractivity contribution in [2.24, 2.45) is 0 Å². The molecule has 0 spiro atoms. The molecular weight excluding hydrogens is 595 g/mol. The number of pyridine rings is 1. The summed E-state index contributed by atoms with van der Waals surface area (Å²) in [4.78, 5) is 31.5. The molecule has 3 heterocycles. The van der Waals surface area contributed by atoms with Crippen molar-refractivity contribution in [2.45, 2.75) is 52.5 Å². The van der Waals surface area contributed by atoms with E-state index in [1.807, 2.05) is 32.0 Å². The van der Waals surface area contributed by atoms with Crippen molar-refractivity contribution in [3.8, 4) is 17.0 Å². The van der Waals surface area contributed by atoms with Crippen molar-refractivity contribution in [1.29, 1.82) is 0 Å². The van der Waals surface area contributed by atoms with E-state index >= 15 is 0 Å². The van der Waals surface area contributed by atoms with Crippen LogP contribution in [0.3, 0.4) is 0 Å². The van der Waals surface area contributed by atoms with Crippen LogP contribution in [0.1, 0.15) is 27.7 Å². The normalized spacial score (nSPS) is 14.3. The molecule has 0 fully saturated rings. The molecule has 3 aromatic heterocycles. The van der Waals surface area contributed by atoms with E-state index in [0.717, 1.165) is 11.4 Å². The number of nitrogens with zero attached hydrogens (tertiary/aromatic N) is 6. The lowest BCUT2D eigenvalue weighted by molar-refractivity contribution is -0.149. The largest absolute Gasteiger partial charge is 0.462 e. The fourth-order valence-electron chi connectivity index (χ4n) is 4.09. The van der Waals surface area contributed by atoms with E-state index in [4.69, 9.17) is 31.3 Å². The number of fused-ring (bicyclic) bond motifs is 1. The standard InChI is InChI=1S/C28H36ClN8O5P/c1-17(2)41-28(38)19(4)35-43(39,16-40-18(3)13-37-15-33-25-26(30)31-14-32-27(25)37)42-21-9-7-20(8-10-21)24-22(29)11-12-23(34-24)36(5)6/h7-12,14-15,17-19H,13,16H2,1-6H3,(H,35,39)(H2,30,31,32)/t18-,19+,43?/m1/s1. The Kier molecular flexibility index (Phi) is 10.2. The van der Waals surface area contributed by atoms with Gasteiger partial charge in [0.05, 0.1) is 35.8 Å². The van der Waals surface area contributed by atoms with Gasteiger partial charge in [-0.05, 0) is 64.1 Å². The highest BCUT2D eigenvalue weighted by Gasteiger charge is 2.32. The molecule has 0 saturated heterocycles. The van der Waals surface area contributed by atoms with Gasteiger partial charge in [0.2, 0.25) is 0 Å². The molecule has 1 unspecified atom stereocenters. The predicted octanol–water partition coefficient (Wildman–Crippen LogP) is 4.75. The number of hydrogen-bond acceptors (Lipinski definition) is 11. The molecule has 1 aromatic carbocycles. The van der Waals surface area contributed by atoms with Crippen LogP contribution in [-0.4, -0.2) is 69.2 Å². The van der Waals surface area contributed by atoms with E-state index in [-0.39, 0.29) is 18.3 Å². The van der Waals surface area contributed by atoms with Crippen LogP contribution in [0.2, 0.25) is 5.02 Å². The van der Waals surface area contributed by atoms with Gasteiger partial charge in [0.15, 0.2) is 11.5 Å². The van der Waals surface area contributed by atoms with E-state index < -0.39 is 25.6 Å². The van der Waals surface area contributed by atoms with E-state index in [1.54, 1.807) is 62.0 Å². The third-order valence-electron chi connectivity index (χ3n) is 6.18. The second-order valence-electron chi connectivity index (χ2n) is 10.5. The maximum Gasteiger partial charge on any atom is 0.342 e. The fourth-order valence-corrected chi connectivity index (χ4v) is 6.09. The number of anilines is 2. The summed E-state index contributed by atoms with van der Waals surface area (Å²) in [5.41, 5.74) is 8.27. The number of rotatable bonds is 13. The second-order valence-corrected chi connectivity index (χ2v) is 12.9. The maximum absolute atomic E-state index is 14.1. The third kappa shape index (κ3) is 8.20. The molecule has 0 aliphatic carbocycles. The Morgan fingerprint density at radius 2 is 1.81 bits per heavy atom. The Labute approximate surface area is 255 Å². The SMILES string of the molecule is CC(C)OC(=O)[C@H](C)NP(=O)(CO[C@H](C)Cn1cnc2c(N)ncnc21)Oc1ccc(-c2nc(N(C)C)ccc2Cl)cc1. The molecule has 4 aromatic rings. The zero-order valence-corrected chi connectivity index (χ0v) is 26.5. The molecule has 43 heavy (non-hydrogen) atoms. The first-order valence-electron chi connectivity index (χ1n) is 13.6. The monoisotopic (exact) mass is 630 g/mol. The predicted molar refractivity (Wildman–Crippen MR) is 166 cm³/mol. The average Bonchev–Trinajstić information content (AvgIpc) is 3.36. The Morgan fingerprint density at radius 3 is 2.49 bits per heavy atom. The van der Waals surface area contributed by atoms with Crippen LogP contribution in [0.25, 0.3) is 22.4 Å². The summed E-state index contributed by atoms with van der Waals surface area (Å²) in [6.07, 6.45) is 1.83. The lowest BCUT2D eigenvalue weighted by Gasteiger charge is -2.25. The maximum atomic E-state index is 14.1. The minimum absolute atomic E-state index is 0.274. The number of hydrogen-bond donors (Lipinski definition) is 2. The van der Waals surface area contributed by atoms with Crippen molar-refractivity contribution < 1.29 is 23.4 Å². The summed E-state index contributed by atoms with van der Waals surface area (Å²) in [7, 11) is -0.0177. The number of nitrogen functional groups attached to an aromatic ring is 1. The molecule has 0 aliphatic heterocycles. The van der Waals surface area contributed by atoms with Crippen LogP contribution in [0.5, 0.6) is 5.75 Å². The number of nitrogens with two attached hydrogens (primary N) is 1. The number of benzene rings is 1. The van der Waals surface area contributed by atoms with Gasteiger partial charge in [-0.3, -0.25) is 9.36 Å².